The highest BCUT2D eigenvalue weighted by molar-refractivity contribution is 5.85. The topological polar surface area (TPSA) is 60.9 Å². The first kappa shape index (κ1) is 13.4. The van der Waals surface area contributed by atoms with E-state index in [2.05, 4.69) is 43.0 Å². The molecule has 0 aliphatic heterocycles. The molecular weight excluding hydrogens is 288 g/mol. The Morgan fingerprint density at radius 2 is 1.65 bits per heavy atom. The Kier molecular flexibility index (Phi) is 3.40. The second-order valence-corrected chi connectivity index (χ2v) is 5.12. The van der Waals surface area contributed by atoms with E-state index in [9.17, 15) is 0 Å². The number of para-hydroxylation sites is 2. The van der Waals surface area contributed by atoms with Gasteiger partial charge in [0.25, 0.3) is 0 Å². The lowest BCUT2D eigenvalue weighted by Gasteiger charge is -2.07. The molecule has 6 nitrogen and oxygen atoms in total. The van der Waals surface area contributed by atoms with Gasteiger partial charge in [-0.25, -0.2) is 9.66 Å². The van der Waals surface area contributed by atoms with E-state index in [1.807, 2.05) is 36.4 Å². The van der Waals surface area contributed by atoms with Crippen molar-refractivity contribution in [2.45, 2.75) is 6.54 Å². The lowest BCUT2D eigenvalue weighted by Crippen LogP contribution is -2.05. The fourth-order valence-corrected chi connectivity index (χ4v) is 2.50. The molecule has 0 atom stereocenters. The minimum absolute atomic E-state index is 0.741. The monoisotopic (exact) mass is 302 g/mol. The Bertz CT molecular complexity index is 938. The minimum Gasteiger partial charge on any atom is -0.319 e. The van der Waals surface area contributed by atoms with Crippen molar-refractivity contribution in [3.05, 3.63) is 78.6 Å². The number of benzene rings is 2. The highest BCUT2D eigenvalue weighted by atomic mass is 15.4. The zero-order chi connectivity index (χ0) is 15.5. The SMILES string of the molecule is C(=Nn1cnnc1)c1nc2ccccc2n1Cc1ccccc1. The predicted octanol–water partition coefficient (Wildman–Crippen LogP) is 2.56. The molecule has 6 heteroatoms. The highest BCUT2D eigenvalue weighted by Crippen LogP contribution is 2.17. The van der Waals surface area contributed by atoms with E-state index in [0.717, 1.165) is 23.4 Å². The molecule has 0 fully saturated rings. The second-order valence-electron chi connectivity index (χ2n) is 5.12. The van der Waals surface area contributed by atoms with Crippen molar-refractivity contribution in [2.24, 2.45) is 5.10 Å². The largest absolute Gasteiger partial charge is 0.319 e. The van der Waals surface area contributed by atoms with Crippen molar-refractivity contribution in [3.63, 3.8) is 0 Å². The van der Waals surface area contributed by atoms with Gasteiger partial charge in [-0.2, -0.15) is 5.10 Å². The summed E-state index contributed by atoms with van der Waals surface area (Å²) in [7, 11) is 0. The fourth-order valence-electron chi connectivity index (χ4n) is 2.50. The van der Waals surface area contributed by atoms with E-state index in [4.69, 9.17) is 0 Å². The average molecular weight is 302 g/mol. The molecule has 0 saturated heterocycles. The van der Waals surface area contributed by atoms with Gasteiger partial charge in [0, 0.05) is 6.54 Å². The average Bonchev–Trinajstić information content (AvgIpc) is 3.22. The lowest BCUT2D eigenvalue weighted by atomic mass is 10.2. The van der Waals surface area contributed by atoms with Gasteiger partial charge in [-0.3, -0.25) is 0 Å². The maximum Gasteiger partial charge on any atom is 0.154 e. The Morgan fingerprint density at radius 3 is 2.48 bits per heavy atom. The third-order valence-electron chi connectivity index (χ3n) is 3.58. The van der Waals surface area contributed by atoms with Gasteiger partial charge >= 0.3 is 0 Å². The van der Waals surface area contributed by atoms with Crippen LogP contribution in [0.5, 0.6) is 0 Å². The number of hydrogen-bond donors (Lipinski definition) is 0. The summed E-state index contributed by atoms with van der Waals surface area (Å²) in [5.41, 5.74) is 3.25. The molecule has 4 aromatic rings. The molecule has 0 amide bonds. The standard InChI is InChI=1S/C17H14N6/c1-2-6-14(7-3-1)11-23-16-9-5-4-8-15(16)21-17(23)10-20-22-12-18-19-13-22/h1-10,12-13H,11H2. The van der Waals surface area contributed by atoms with Gasteiger partial charge in [0.05, 0.1) is 17.2 Å². The first-order valence-corrected chi connectivity index (χ1v) is 7.28. The molecule has 23 heavy (non-hydrogen) atoms. The van der Waals surface area contributed by atoms with Gasteiger partial charge in [0.15, 0.2) is 5.82 Å². The normalized spacial score (nSPS) is 11.5. The summed E-state index contributed by atoms with van der Waals surface area (Å²) in [4.78, 5) is 4.67. The van der Waals surface area contributed by atoms with Crippen LogP contribution in [0.1, 0.15) is 11.4 Å². The first-order chi connectivity index (χ1) is 11.4. The maximum atomic E-state index is 4.67. The molecule has 0 spiro atoms. The van der Waals surface area contributed by atoms with Gasteiger partial charge in [0.1, 0.15) is 12.7 Å². The van der Waals surface area contributed by atoms with Crippen LogP contribution in [-0.2, 0) is 6.54 Å². The number of imidazole rings is 1. The van der Waals surface area contributed by atoms with Crippen molar-refractivity contribution in [2.75, 3.05) is 0 Å². The van der Waals surface area contributed by atoms with Crippen LogP contribution < -0.4 is 0 Å². The van der Waals surface area contributed by atoms with E-state index in [-0.39, 0.29) is 0 Å². The van der Waals surface area contributed by atoms with Crippen molar-refractivity contribution >= 4 is 17.2 Å². The number of nitrogens with zero attached hydrogens (tertiary/aromatic N) is 6. The summed E-state index contributed by atoms with van der Waals surface area (Å²) >= 11 is 0. The van der Waals surface area contributed by atoms with Crippen LogP contribution in [0.15, 0.2) is 72.4 Å². The van der Waals surface area contributed by atoms with Crippen LogP contribution in [0, 0.1) is 0 Å². The quantitative estimate of drug-likeness (QED) is 0.544. The summed E-state index contributed by atoms with van der Waals surface area (Å²) in [5, 5.41) is 11.8. The molecular formula is C17H14N6. The summed E-state index contributed by atoms with van der Waals surface area (Å²) in [5.74, 6) is 0.795. The van der Waals surface area contributed by atoms with Gasteiger partial charge < -0.3 is 4.57 Å². The van der Waals surface area contributed by atoms with Gasteiger partial charge in [0.2, 0.25) is 0 Å². The Balaban J connectivity index is 1.78. The molecule has 0 unspecified atom stereocenters. The molecule has 0 bridgehead atoms. The third kappa shape index (κ3) is 2.74. The fraction of sp³-hybridized carbons (Fsp3) is 0.0588. The van der Waals surface area contributed by atoms with Crippen LogP contribution in [0.25, 0.3) is 11.0 Å². The highest BCUT2D eigenvalue weighted by Gasteiger charge is 2.09. The molecule has 0 N–H and O–H groups in total. The van der Waals surface area contributed by atoms with E-state index < -0.39 is 0 Å². The van der Waals surface area contributed by atoms with E-state index in [1.165, 1.54) is 5.56 Å². The van der Waals surface area contributed by atoms with Gasteiger partial charge in [-0.15, -0.1) is 10.2 Å². The van der Waals surface area contributed by atoms with E-state index in [1.54, 1.807) is 23.5 Å². The second kappa shape index (κ2) is 5.84. The van der Waals surface area contributed by atoms with Crippen molar-refractivity contribution in [1.82, 2.24) is 24.4 Å². The van der Waals surface area contributed by atoms with Crippen molar-refractivity contribution < 1.29 is 0 Å². The Hall–Kier alpha value is -3.28. The lowest BCUT2D eigenvalue weighted by molar-refractivity contribution is 0.809. The van der Waals surface area contributed by atoms with Gasteiger partial charge in [-0.05, 0) is 17.7 Å². The number of fused-ring (bicyclic) bond motifs is 1. The summed E-state index contributed by atoms with van der Waals surface area (Å²) < 4.78 is 3.70. The summed E-state index contributed by atoms with van der Waals surface area (Å²) in [6.07, 6.45) is 4.81. The maximum absolute atomic E-state index is 4.67. The molecule has 0 aliphatic rings. The number of hydrogen-bond acceptors (Lipinski definition) is 4. The van der Waals surface area contributed by atoms with Crippen LogP contribution >= 0.6 is 0 Å². The number of aromatic nitrogens is 5. The van der Waals surface area contributed by atoms with Crippen molar-refractivity contribution in [3.8, 4) is 0 Å². The molecule has 2 heterocycles. The van der Waals surface area contributed by atoms with Crippen molar-refractivity contribution in [1.29, 1.82) is 0 Å². The molecule has 112 valence electrons. The third-order valence-corrected chi connectivity index (χ3v) is 3.58. The van der Waals surface area contributed by atoms with E-state index >= 15 is 0 Å². The molecule has 0 radical (unpaired) electrons. The molecule has 0 saturated carbocycles. The first-order valence-electron chi connectivity index (χ1n) is 7.28. The Morgan fingerprint density at radius 1 is 0.913 bits per heavy atom. The minimum atomic E-state index is 0.741. The zero-order valence-corrected chi connectivity index (χ0v) is 12.3. The van der Waals surface area contributed by atoms with Crippen LogP contribution in [0.3, 0.4) is 0 Å². The smallest absolute Gasteiger partial charge is 0.154 e. The molecule has 4 rings (SSSR count). The van der Waals surface area contributed by atoms with Crippen LogP contribution in [-0.4, -0.2) is 30.6 Å². The van der Waals surface area contributed by atoms with E-state index in [0.29, 0.717) is 0 Å². The Labute approximate surface area is 132 Å². The number of rotatable bonds is 4. The van der Waals surface area contributed by atoms with Crippen LogP contribution in [0.2, 0.25) is 0 Å². The zero-order valence-electron chi connectivity index (χ0n) is 12.3. The molecule has 2 aromatic heterocycles. The predicted molar refractivity (Wildman–Crippen MR) is 88.3 cm³/mol. The van der Waals surface area contributed by atoms with Gasteiger partial charge in [-0.1, -0.05) is 42.5 Å². The van der Waals surface area contributed by atoms with Crippen LogP contribution in [0.4, 0.5) is 0 Å². The molecule has 0 aliphatic carbocycles. The molecule has 2 aromatic carbocycles. The summed E-state index contributed by atoms with van der Waals surface area (Å²) in [6, 6.07) is 18.4. The summed E-state index contributed by atoms with van der Waals surface area (Å²) in [6.45, 7) is 0.741.